The second-order valence-corrected chi connectivity index (χ2v) is 7.03. The fourth-order valence-corrected chi connectivity index (χ4v) is 3.59. The Balaban J connectivity index is 2.03. The average molecular weight is 374 g/mol. The number of nitrogen functional groups attached to an aromatic ring is 1. The summed E-state index contributed by atoms with van der Waals surface area (Å²) in [6.45, 7) is 2.77. The first-order valence-corrected chi connectivity index (χ1v) is 9.46. The molecule has 3 N–H and O–H groups in total. The third-order valence-corrected chi connectivity index (χ3v) is 5.05. The number of rotatable bonds is 8. The van der Waals surface area contributed by atoms with Crippen LogP contribution in [0, 0.1) is 0 Å². The average Bonchev–Trinajstić information content (AvgIpc) is 2.71. The Labute approximate surface area is 166 Å². The second-order valence-electron chi connectivity index (χ2n) is 7.03. The zero-order chi connectivity index (χ0) is 19.9. The van der Waals surface area contributed by atoms with Crippen molar-refractivity contribution in [3.63, 3.8) is 0 Å². The molecule has 2 unspecified atom stereocenters. The summed E-state index contributed by atoms with van der Waals surface area (Å²) in [4.78, 5) is 14.0. The van der Waals surface area contributed by atoms with E-state index >= 15 is 0 Å². The topological polar surface area (TPSA) is 66.6 Å². The summed E-state index contributed by atoms with van der Waals surface area (Å²) in [5, 5.41) is 9.62. The van der Waals surface area contributed by atoms with Gasteiger partial charge in [0.15, 0.2) is 0 Å². The molecule has 3 aromatic carbocycles. The van der Waals surface area contributed by atoms with Gasteiger partial charge >= 0.3 is 5.97 Å². The number of carbonyl (C=O) groups is 1. The maximum absolute atomic E-state index is 11.7. The molecule has 0 aromatic heterocycles. The first-order valence-electron chi connectivity index (χ1n) is 9.46. The van der Waals surface area contributed by atoms with Crippen molar-refractivity contribution in [1.29, 1.82) is 0 Å². The molecule has 28 heavy (non-hydrogen) atoms. The molecule has 0 amide bonds. The van der Waals surface area contributed by atoms with Gasteiger partial charge in [-0.15, -0.1) is 0 Å². The van der Waals surface area contributed by atoms with Crippen LogP contribution in [0.15, 0.2) is 84.9 Å². The minimum atomic E-state index is -0.828. The van der Waals surface area contributed by atoms with Gasteiger partial charge in [0.25, 0.3) is 0 Å². The van der Waals surface area contributed by atoms with Crippen molar-refractivity contribution >= 4 is 11.7 Å². The number of anilines is 1. The monoisotopic (exact) mass is 374 g/mol. The van der Waals surface area contributed by atoms with E-state index in [-0.39, 0.29) is 18.5 Å². The van der Waals surface area contributed by atoms with Crippen LogP contribution in [-0.4, -0.2) is 16.0 Å². The number of hydrogen-bond acceptors (Lipinski definition) is 3. The molecule has 4 heteroatoms. The highest BCUT2D eigenvalue weighted by molar-refractivity contribution is 5.68. The minimum absolute atomic E-state index is 0.00740. The van der Waals surface area contributed by atoms with Gasteiger partial charge in [-0.1, -0.05) is 72.8 Å². The van der Waals surface area contributed by atoms with Gasteiger partial charge in [-0.25, -0.2) is 0 Å². The summed E-state index contributed by atoms with van der Waals surface area (Å²) in [7, 11) is 0. The standard InChI is InChI=1S/C24H26N2O2/c1-18(20-11-6-3-7-12-20)26(17-19-9-4-2-5-10-19)23(16-24(27)28)21-13-8-14-22(25)15-21/h2-15,18,23H,16-17,25H2,1H3,(H,27,28). The Morgan fingerprint density at radius 2 is 1.54 bits per heavy atom. The van der Waals surface area contributed by atoms with E-state index in [9.17, 15) is 9.90 Å². The van der Waals surface area contributed by atoms with Gasteiger partial charge in [-0.3, -0.25) is 9.69 Å². The third-order valence-electron chi connectivity index (χ3n) is 5.05. The van der Waals surface area contributed by atoms with Crippen molar-refractivity contribution in [1.82, 2.24) is 4.90 Å². The molecule has 4 nitrogen and oxygen atoms in total. The van der Waals surface area contributed by atoms with E-state index in [0.717, 1.165) is 16.7 Å². The lowest BCUT2D eigenvalue weighted by atomic mass is 9.96. The van der Waals surface area contributed by atoms with Gasteiger partial charge in [-0.05, 0) is 35.7 Å². The lowest BCUT2D eigenvalue weighted by Gasteiger charge is -2.37. The molecule has 3 aromatic rings. The zero-order valence-electron chi connectivity index (χ0n) is 16.0. The van der Waals surface area contributed by atoms with Crippen molar-refractivity contribution in [3.05, 3.63) is 102 Å². The molecule has 0 aliphatic carbocycles. The van der Waals surface area contributed by atoms with Crippen molar-refractivity contribution < 1.29 is 9.90 Å². The van der Waals surface area contributed by atoms with Crippen molar-refractivity contribution in [2.75, 3.05) is 5.73 Å². The van der Waals surface area contributed by atoms with Crippen molar-refractivity contribution in [3.8, 4) is 0 Å². The first-order chi connectivity index (χ1) is 13.5. The fourth-order valence-electron chi connectivity index (χ4n) is 3.59. The van der Waals surface area contributed by atoms with Crippen LogP contribution in [0.3, 0.4) is 0 Å². The van der Waals surface area contributed by atoms with Crippen molar-refractivity contribution in [2.45, 2.75) is 32.0 Å². The summed E-state index contributed by atoms with van der Waals surface area (Å²) in [6.07, 6.45) is 0.00740. The van der Waals surface area contributed by atoms with Gasteiger partial charge in [0.05, 0.1) is 6.42 Å². The predicted octanol–water partition coefficient (Wildman–Crippen LogP) is 5.05. The van der Waals surface area contributed by atoms with Crippen LogP contribution in [0.25, 0.3) is 0 Å². The largest absolute Gasteiger partial charge is 0.481 e. The van der Waals surface area contributed by atoms with Crippen molar-refractivity contribution in [2.24, 2.45) is 0 Å². The van der Waals surface area contributed by atoms with Gasteiger partial charge in [0, 0.05) is 24.3 Å². The predicted molar refractivity (Wildman–Crippen MR) is 113 cm³/mol. The quantitative estimate of drug-likeness (QED) is 0.542. The molecule has 0 heterocycles. The number of carboxylic acid groups (broad SMARTS) is 1. The van der Waals surface area contributed by atoms with E-state index in [1.807, 2.05) is 60.7 Å². The van der Waals surface area contributed by atoms with E-state index < -0.39 is 5.97 Å². The number of benzene rings is 3. The van der Waals surface area contributed by atoms with E-state index in [4.69, 9.17) is 5.73 Å². The zero-order valence-corrected chi connectivity index (χ0v) is 16.0. The fraction of sp³-hybridized carbons (Fsp3) is 0.208. The lowest BCUT2D eigenvalue weighted by Crippen LogP contribution is -2.32. The van der Waals surface area contributed by atoms with Crippen LogP contribution >= 0.6 is 0 Å². The first kappa shape index (κ1) is 19.6. The molecular weight excluding hydrogens is 348 g/mol. The van der Waals surface area contributed by atoms with Gasteiger partial charge in [0.2, 0.25) is 0 Å². The number of aliphatic carboxylic acids is 1. The Bertz CT molecular complexity index is 897. The van der Waals surface area contributed by atoms with Crippen LogP contribution in [0.4, 0.5) is 5.69 Å². The molecule has 0 spiro atoms. The molecule has 0 aliphatic heterocycles. The Kier molecular flexibility index (Phi) is 6.45. The van der Waals surface area contributed by atoms with E-state index in [1.54, 1.807) is 0 Å². The van der Waals surface area contributed by atoms with Gasteiger partial charge in [-0.2, -0.15) is 0 Å². The number of carboxylic acids is 1. The lowest BCUT2D eigenvalue weighted by molar-refractivity contribution is -0.138. The smallest absolute Gasteiger partial charge is 0.305 e. The highest BCUT2D eigenvalue weighted by Gasteiger charge is 2.28. The van der Waals surface area contributed by atoms with Crippen LogP contribution in [-0.2, 0) is 11.3 Å². The summed E-state index contributed by atoms with van der Waals surface area (Å²) < 4.78 is 0. The number of hydrogen-bond donors (Lipinski definition) is 2. The van der Waals surface area contributed by atoms with E-state index in [1.165, 1.54) is 0 Å². The van der Waals surface area contributed by atoms with Gasteiger partial charge in [0.1, 0.15) is 0 Å². The Morgan fingerprint density at radius 3 is 2.14 bits per heavy atom. The van der Waals surface area contributed by atoms with Crippen LogP contribution < -0.4 is 5.73 Å². The normalized spacial score (nSPS) is 13.2. The van der Waals surface area contributed by atoms with Crippen LogP contribution in [0.5, 0.6) is 0 Å². The SMILES string of the molecule is CC(c1ccccc1)N(Cc1ccccc1)C(CC(=O)O)c1cccc(N)c1. The second kappa shape index (κ2) is 9.20. The summed E-state index contributed by atoms with van der Waals surface area (Å²) >= 11 is 0. The number of nitrogens with zero attached hydrogens (tertiary/aromatic N) is 1. The molecule has 0 saturated heterocycles. The molecule has 0 saturated carbocycles. The molecule has 144 valence electrons. The summed E-state index contributed by atoms with van der Waals surface area (Å²) in [5.41, 5.74) is 9.85. The summed E-state index contributed by atoms with van der Waals surface area (Å²) in [5.74, 6) is -0.828. The van der Waals surface area contributed by atoms with E-state index in [0.29, 0.717) is 12.2 Å². The molecule has 0 fully saturated rings. The van der Waals surface area contributed by atoms with Crippen LogP contribution in [0.1, 0.15) is 42.1 Å². The minimum Gasteiger partial charge on any atom is -0.481 e. The van der Waals surface area contributed by atoms with Gasteiger partial charge < -0.3 is 10.8 Å². The third kappa shape index (κ3) is 4.99. The maximum atomic E-state index is 11.7. The Hall–Kier alpha value is -3.11. The summed E-state index contributed by atoms with van der Waals surface area (Å²) in [6, 6.07) is 27.6. The molecule has 0 aliphatic rings. The molecule has 0 radical (unpaired) electrons. The molecule has 2 atom stereocenters. The highest BCUT2D eigenvalue weighted by atomic mass is 16.4. The van der Waals surface area contributed by atoms with E-state index in [2.05, 4.69) is 36.1 Å². The Morgan fingerprint density at radius 1 is 0.929 bits per heavy atom. The van der Waals surface area contributed by atoms with Crippen LogP contribution in [0.2, 0.25) is 0 Å². The number of nitrogens with two attached hydrogens (primary N) is 1. The molecule has 0 bridgehead atoms. The maximum Gasteiger partial charge on any atom is 0.305 e. The highest BCUT2D eigenvalue weighted by Crippen LogP contribution is 2.35. The molecular formula is C24H26N2O2. The molecule has 3 rings (SSSR count).